The van der Waals surface area contributed by atoms with E-state index < -0.39 is 0 Å². The molecule has 0 radical (unpaired) electrons. The number of hydrogen-bond acceptors (Lipinski definition) is 5. The number of nitrogens with zero attached hydrogens (tertiary/aromatic N) is 3. The molecular formula is C14H17N3O2. The molecule has 0 bridgehead atoms. The van der Waals surface area contributed by atoms with Gasteiger partial charge in [-0.25, -0.2) is 9.97 Å². The summed E-state index contributed by atoms with van der Waals surface area (Å²) in [6.07, 6.45) is 2.58. The molecule has 1 aliphatic rings. The molecule has 100 valence electrons. The van der Waals surface area contributed by atoms with Gasteiger partial charge in [-0.2, -0.15) is 0 Å². The van der Waals surface area contributed by atoms with Crippen molar-refractivity contribution < 1.29 is 9.84 Å². The number of methoxy groups -OCH3 is 1. The zero-order valence-electron chi connectivity index (χ0n) is 10.9. The maximum Gasteiger partial charge on any atom is 0.145 e. The summed E-state index contributed by atoms with van der Waals surface area (Å²) >= 11 is 0. The van der Waals surface area contributed by atoms with Crippen LogP contribution in [0.3, 0.4) is 0 Å². The number of rotatable bonds is 3. The van der Waals surface area contributed by atoms with Gasteiger partial charge in [0.2, 0.25) is 0 Å². The second-order valence-electron chi connectivity index (χ2n) is 4.84. The zero-order chi connectivity index (χ0) is 13.2. The van der Waals surface area contributed by atoms with Crippen molar-refractivity contribution in [3.05, 3.63) is 24.5 Å². The number of benzene rings is 1. The number of aromatic nitrogens is 2. The number of hydrogen-bond donors (Lipinski definition) is 1. The summed E-state index contributed by atoms with van der Waals surface area (Å²) in [6.45, 7) is 2.01. The molecule has 0 saturated carbocycles. The third kappa shape index (κ3) is 2.10. The van der Waals surface area contributed by atoms with Crippen LogP contribution >= 0.6 is 0 Å². The fraction of sp³-hybridized carbons (Fsp3) is 0.429. The van der Waals surface area contributed by atoms with Crippen LogP contribution in [0.15, 0.2) is 24.5 Å². The highest BCUT2D eigenvalue weighted by atomic mass is 16.5. The molecule has 5 heteroatoms. The van der Waals surface area contributed by atoms with Gasteiger partial charge in [0.15, 0.2) is 0 Å². The largest absolute Gasteiger partial charge is 0.494 e. The van der Waals surface area contributed by atoms with Gasteiger partial charge in [-0.05, 0) is 18.6 Å². The maximum atomic E-state index is 9.25. The Morgan fingerprint density at radius 3 is 3.05 bits per heavy atom. The average molecular weight is 259 g/mol. The van der Waals surface area contributed by atoms with Crippen molar-refractivity contribution in [2.24, 2.45) is 5.92 Å². The van der Waals surface area contributed by atoms with E-state index in [1.807, 2.05) is 18.2 Å². The Balaban J connectivity index is 2.05. The van der Waals surface area contributed by atoms with Crippen LogP contribution in [-0.2, 0) is 0 Å². The number of fused-ring (bicyclic) bond motifs is 1. The fourth-order valence-electron chi connectivity index (χ4n) is 2.64. The van der Waals surface area contributed by atoms with Gasteiger partial charge in [-0.3, -0.25) is 0 Å². The minimum Gasteiger partial charge on any atom is -0.494 e. The first-order chi connectivity index (χ1) is 9.33. The van der Waals surface area contributed by atoms with E-state index in [2.05, 4.69) is 14.9 Å². The molecule has 1 unspecified atom stereocenters. The molecule has 1 aliphatic heterocycles. The van der Waals surface area contributed by atoms with Crippen LogP contribution in [0.2, 0.25) is 0 Å². The van der Waals surface area contributed by atoms with Crippen LogP contribution in [0, 0.1) is 5.92 Å². The third-order valence-corrected chi connectivity index (χ3v) is 3.67. The van der Waals surface area contributed by atoms with Crippen molar-refractivity contribution in [2.45, 2.75) is 6.42 Å². The predicted molar refractivity (Wildman–Crippen MR) is 73.5 cm³/mol. The van der Waals surface area contributed by atoms with E-state index >= 15 is 0 Å². The number of aliphatic hydroxyl groups is 1. The number of anilines is 1. The molecule has 1 N–H and O–H groups in total. The Morgan fingerprint density at radius 2 is 2.32 bits per heavy atom. The first-order valence-electron chi connectivity index (χ1n) is 6.47. The third-order valence-electron chi connectivity index (χ3n) is 3.67. The number of ether oxygens (including phenoxy) is 1. The Hall–Kier alpha value is -1.88. The molecule has 1 fully saturated rings. The Labute approximate surface area is 111 Å². The van der Waals surface area contributed by atoms with Crippen molar-refractivity contribution in [1.29, 1.82) is 0 Å². The fourth-order valence-corrected chi connectivity index (χ4v) is 2.64. The molecule has 19 heavy (non-hydrogen) atoms. The molecule has 2 heterocycles. The second kappa shape index (κ2) is 5.01. The summed E-state index contributed by atoms with van der Waals surface area (Å²) in [6, 6.07) is 5.87. The van der Waals surface area contributed by atoms with E-state index in [4.69, 9.17) is 4.74 Å². The minimum absolute atomic E-state index is 0.239. The van der Waals surface area contributed by atoms with E-state index in [-0.39, 0.29) is 6.61 Å². The molecule has 0 aliphatic carbocycles. The van der Waals surface area contributed by atoms with Crippen LogP contribution in [0.25, 0.3) is 10.9 Å². The standard InChI is InChI=1S/C14H17N3O2/c1-19-12-4-2-3-11-13(12)15-9-16-14(11)17-6-5-10(7-17)8-18/h2-4,9-10,18H,5-8H2,1H3. The molecule has 1 saturated heterocycles. The van der Waals surface area contributed by atoms with Gasteiger partial charge in [0, 0.05) is 31.0 Å². The average Bonchev–Trinajstić information content (AvgIpc) is 2.94. The predicted octanol–water partition coefficient (Wildman–Crippen LogP) is 1.46. The van der Waals surface area contributed by atoms with Gasteiger partial charge in [0.05, 0.1) is 7.11 Å². The van der Waals surface area contributed by atoms with Crippen molar-refractivity contribution in [1.82, 2.24) is 9.97 Å². The SMILES string of the molecule is COc1cccc2c(N3CCC(CO)C3)ncnc12. The highest BCUT2D eigenvalue weighted by molar-refractivity contribution is 5.93. The topological polar surface area (TPSA) is 58.5 Å². The quantitative estimate of drug-likeness (QED) is 0.904. The molecule has 1 atom stereocenters. The molecule has 0 amide bonds. The van der Waals surface area contributed by atoms with Crippen LogP contribution < -0.4 is 9.64 Å². The molecule has 1 aromatic heterocycles. The Kier molecular flexibility index (Phi) is 3.21. The van der Waals surface area contributed by atoms with Gasteiger partial charge in [0.1, 0.15) is 23.4 Å². The van der Waals surface area contributed by atoms with Gasteiger partial charge >= 0.3 is 0 Å². The van der Waals surface area contributed by atoms with E-state index in [9.17, 15) is 5.11 Å². The Bertz CT molecular complexity index is 588. The van der Waals surface area contributed by atoms with Crippen molar-refractivity contribution in [2.75, 3.05) is 31.7 Å². The highest BCUT2D eigenvalue weighted by Gasteiger charge is 2.24. The summed E-state index contributed by atoms with van der Waals surface area (Å²) in [5.41, 5.74) is 0.836. The Morgan fingerprint density at radius 1 is 1.42 bits per heavy atom. The van der Waals surface area contributed by atoms with Crippen molar-refractivity contribution in [3.8, 4) is 5.75 Å². The summed E-state index contributed by atoms with van der Waals surface area (Å²) in [5.74, 6) is 2.04. The molecular weight excluding hydrogens is 242 g/mol. The molecule has 1 aromatic carbocycles. The highest BCUT2D eigenvalue weighted by Crippen LogP contribution is 2.31. The molecule has 2 aromatic rings. The lowest BCUT2D eigenvalue weighted by molar-refractivity contribution is 0.238. The lowest BCUT2D eigenvalue weighted by Gasteiger charge is -2.19. The zero-order valence-corrected chi connectivity index (χ0v) is 10.9. The van der Waals surface area contributed by atoms with Crippen molar-refractivity contribution in [3.63, 3.8) is 0 Å². The molecule has 5 nitrogen and oxygen atoms in total. The second-order valence-corrected chi connectivity index (χ2v) is 4.84. The molecule has 3 rings (SSSR count). The monoisotopic (exact) mass is 259 g/mol. The number of aliphatic hydroxyl groups excluding tert-OH is 1. The maximum absolute atomic E-state index is 9.25. The summed E-state index contributed by atoms with van der Waals surface area (Å²) in [4.78, 5) is 10.9. The summed E-state index contributed by atoms with van der Waals surface area (Å²) in [5, 5.41) is 10.2. The van der Waals surface area contributed by atoms with E-state index in [0.717, 1.165) is 42.0 Å². The minimum atomic E-state index is 0.239. The first-order valence-corrected chi connectivity index (χ1v) is 6.47. The van der Waals surface area contributed by atoms with Gasteiger partial charge < -0.3 is 14.7 Å². The van der Waals surface area contributed by atoms with Gasteiger partial charge in [-0.15, -0.1) is 0 Å². The number of para-hydroxylation sites is 1. The lowest BCUT2D eigenvalue weighted by Crippen LogP contribution is -2.22. The first kappa shape index (κ1) is 12.2. The van der Waals surface area contributed by atoms with Crippen LogP contribution in [-0.4, -0.2) is 41.9 Å². The lowest BCUT2D eigenvalue weighted by atomic mass is 10.1. The summed E-state index contributed by atoms with van der Waals surface area (Å²) in [7, 11) is 1.65. The van der Waals surface area contributed by atoms with Crippen LogP contribution in [0.5, 0.6) is 5.75 Å². The van der Waals surface area contributed by atoms with E-state index in [1.165, 1.54) is 0 Å². The van der Waals surface area contributed by atoms with Gasteiger partial charge in [-0.1, -0.05) is 6.07 Å². The normalized spacial score (nSPS) is 19.1. The van der Waals surface area contributed by atoms with Crippen molar-refractivity contribution >= 4 is 16.7 Å². The van der Waals surface area contributed by atoms with E-state index in [0.29, 0.717) is 5.92 Å². The van der Waals surface area contributed by atoms with Gasteiger partial charge in [0.25, 0.3) is 0 Å². The smallest absolute Gasteiger partial charge is 0.145 e. The molecule has 0 spiro atoms. The van der Waals surface area contributed by atoms with Crippen LogP contribution in [0.1, 0.15) is 6.42 Å². The van der Waals surface area contributed by atoms with Crippen LogP contribution in [0.4, 0.5) is 5.82 Å². The van der Waals surface area contributed by atoms with E-state index in [1.54, 1.807) is 13.4 Å². The summed E-state index contributed by atoms with van der Waals surface area (Å²) < 4.78 is 5.34.